The summed E-state index contributed by atoms with van der Waals surface area (Å²) in [4.78, 5) is 0. The fourth-order valence-corrected chi connectivity index (χ4v) is 0.842. The lowest BCUT2D eigenvalue weighted by Crippen LogP contribution is -2.31. The van der Waals surface area contributed by atoms with E-state index in [4.69, 9.17) is 10.0 Å². The molecule has 0 aliphatic carbocycles. The minimum absolute atomic E-state index is 0.0504. The van der Waals surface area contributed by atoms with Crippen LogP contribution in [0.25, 0.3) is 0 Å². The van der Waals surface area contributed by atoms with Gasteiger partial charge in [0.05, 0.1) is 5.59 Å². The van der Waals surface area contributed by atoms with Crippen molar-refractivity contribution in [3.8, 4) is 0 Å². The van der Waals surface area contributed by atoms with Crippen LogP contribution >= 0.6 is 0 Å². The van der Waals surface area contributed by atoms with Gasteiger partial charge in [-0.1, -0.05) is 0 Å². The van der Waals surface area contributed by atoms with Crippen molar-refractivity contribution in [1.29, 1.82) is 0 Å². The normalized spacial score (nSPS) is 11.8. The molecule has 1 rings (SSSR count). The van der Waals surface area contributed by atoms with Crippen LogP contribution in [-0.2, 0) is 11.5 Å². The maximum absolute atomic E-state index is 11.7. The summed E-state index contributed by atoms with van der Waals surface area (Å²) in [6.07, 6.45) is -3.10. The molecule has 0 saturated heterocycles. The molecule has 0 atom stereocenters. The van der Waals surface area contributed by atoms with Gasteiger partial charge in [0.2, 0.25) is 0 Å². The molecule has 0 aliphatic rings. The Balaban J connectivity index is 2.38. The van der Waals surface area contributed by atoms with Crippen LogP contribution in [-0.4, -0.2) is 39.7 Å². The number of nitrogens with zero attached hydrogens (tertiary/aromatic N) is 2. The summed E-state index contributed by atoms with van der Waals surface area (Å²) >= 11 is 0. The molecule has 0 bridgehead atoms. The first-order chi connectivity index (χ1) is 6.88. The Morgan fingerprint density at radius 1 is 1.47 bits per heavy atom. The Bertz CT molecular complexity index is 315. The number of hydrogen-bond acceptors (Lipinski definition) is 4. The Labute approximate surface area is 83.2 Å². The number of rotatable bonds is 4. The first-order valence-electron chi connectivity index (χ1n) is 3.92. The fraction of sp³-hybridized carbons (Fsp3) is 0.500. The first kappa shape index (κ1) is 12.0. The molecular formula is C6H8BF3N2O3. The van der Waals surface area contributed by atoms with Crippen LogP contribution in [0.4, 0.5) is 13.2 Å². The number of hydrogen-bond donors (Lipinski definition) is 2. The van der Waals surface area contributed by atoms with Crippen molar-refractivity contribution in [2.45, 2.75) is 12.9 Å². The topological polar surface area (TPSA) is 67.5 Å². The molecule has 0 amide bonds. The third-order valence-corrected chi connectivity index (χ3v) is 1.42. The van der Waals surface area contributed by atoms with Gasteiger partial charge in [0.15, 0.2) is 0 Å². The zero-order valence-corrected chi connectivity index (χ0v) is 7.48. The van der Waals surface area contributed by atoms with Crippen molar-refractivity contribution < 1.29 is 28.0 Å². The predicted molar refractivity (Wildman–Crippen MR) is 44.1 cm³/mol. The molecule has 15 heavy (non-hydrogen) atoms. The molecule has 0 aromatic carbocycles. The molecule has 0 spiro atoms. The third kappa shape index (κ3) is 4.32. The predicted octanol–water partition coefficient (Wildman–Crippen LogP) is -0.901. The Morgan fingerprint density at radius 2 is 2.13 bits per heavy atom. The molecule has 84 valence electrons. The van der Waals surface area contributed by atoms with Crippen molar-refractivity contribution in [3.05, 3.63) is 12.3 Å². The summed E-state index contributed by atoms with van der Waals surface area (Å²) in [6.45, 7) is -1.77. The molecule has 0 aliphatic heterocycles. The third-order valence-electron chi connectivity index (χ3n) is 1.42. The second kappa shape index (κ2) is 4.64. The van der Waals surface area contributed by atoms with Gasteiger partial charge in [-0.3, -0.25) is 0 Å². The number of aromatic nitrogens is 2. The largest absolute Gasteiger partial charge is 0.510 e. The highest BCUT2D eigenvalue weighted by Crippen LogP contribution is 2.14. The molecule has 2 N–H and O–H groups in total. The van der Waals surface area contributed by atoms with Crippen molar-refractivity contribution in [3.63, 3.8) is 0 Å². The van der Waals surface area contributed by atoms with Gasteiger partial charge in [-0.2, -0.15) is 18.3 Å². The maximum atomic E-state index is 11.7. The van der Waals surface area contributed by atoms with E-state index in [0.29, 0.717) is 0 Å². The SMILES string of the molecule is OB(O)c1ccn(COCC(F)(F)F)n1. The monoisotopic (exact) mass is 224 g/mol. The molecule has 0 fully saturated rings. The van der Waals surface area contributed by atoms with Gasteiger partial charge in [0.25, 0.3) is 0 Å². The van der Waals surface area contributed by atoms with Crippen molar-refractivity contribution >= 4 is 12.7 Å². The van der Waals surface area contributed by atoms with Crippen LogP contribution in [0.3, 0.4) is 0 Å². The van der Waals surface area contributed by atoms with Crippen molar-refractivity contribution in [1.82, 2.24) is 9.78 Å². The minimum atomic E-state index is -4.38. The number of halogens is 3. The molecule has 0 radical (unpaired) electrons. The Morgan fingerprint density at radius 3 is 2.60 bits per heavy atom. The average Bonchev–Trinajstić information content (AvgIpc) is 2.50. The smallest absolute Gasteiger partial charge is 0.422 e. The molecule has 1 aromatic heterocycles. The van der Waals surface area contributed by atoms with E-state index in [9.17, 15) is 13.2 Å². The standard InChI is InChI=1S/C6H8BF3N2O3/c8-6(9,10)3-15-4-12-2-1-5(11-12)7(13)14/h1-2,13-14H,3-4H2. The summed E-state index contributed by atoms with van der Waals surface area (Å²) in [5.41, 5.74) is -0.0504. The van der Waals surface area contributed by atoms with Gasteiger partial charge in [-0.25, -0.2) is 4.68 Å². The highest BCUT2D eigenvalue weighted by Gasteiger charge is 2.27. The second-order valence-corrected chi connectivity index (χ2v) is 2.75. The molecule has 9 heteroatoms. The Kier molecular flexibility index (Phi) is 3.72. The van der Waals surface area contributed by atoms with Gasteiger partial charge in [-0.05, 0) is 6.07 Å². The summed E-state index contributed by atoms with van der Waals surface area (Å²) in [5, 5.41) is 20.9. The zero-order chi connectivity index (χ0) is 11.5. The van der Waals surface area contributed by atoms with Crippen LogP contribution in [0, 0.1) is 0 Å². The Hall–Kier alpha value is -1.06. The molecule has 0 saturated carbocycles. The van der Waals surface area contributed by atoms with E-state index in [-0.39, 0.29) is 5.59 Å². The van der Waals surface area contributed by atoms with E-state index in [1.807, 2.05) is 0 Å². The maximum Gasteiger partial charge on any atom is 0.510 e. The first-order valence-corrected chi connectivity index (χ1v) is 3.92. The summed E-state index contributed by atoms with van der Waals surface area (Å²) in [5.74, 6) is 0. The molecule has 1 heterocycles. The fourth-order valence-electron chi connectivity index (χ4n) is 0.842. The number of alkyl halides is 3. The minimum Gasteiger partial charge on any atom is -0.422 e. The molecule has 5 nitrogen and oxygen atoms in total. The van der Waals surface area contributed by atoms with Crippen molar-refractivity contribution in [2.75, 3.05) is 6.61 Å². The van der Waals surface area contributed by atoms with Gasteiger partial charge < -0.3 is 14.8 Å². The lowest BCUT2D eigenvalue weighted by atomic mass is 9.87. The lowest BCUT2D eigenvalue weighted by Gasteiger charge is -2.07. The summed E-state index contributed by atoms with van der Waals surface area (Å²) in [6, 6.07) is 1.27. The van der Waals surface area contributed by atoms with Crippen LogP contribution < -0.4 is 5.59 Å². The van der Waals surface area contributed by atoms with Gasteiger partial charge in [0, 0.05) is 6.20 Å². The second-order valence-electron chi connectivity index (χ2n) is 2.75. The van der Waals surface area contributed by atoms with E-state index in [2.05, 4.69) is 9.84 Å². The summed E-state index contributed by atoms with van der Waals surface area (Å²) in [7, 11) is -1.74. The van der Waals surface area contributed by atoms with Gasteiger partial charge in [-0.15, -0.1) is 0 Å². The van der Waals surface area contributed by atoms with Gasteiger partial charge in [0.1, 0.15) is 13.3 Å². The average molecular weight is 224 g/mol. The van der Waals surface area contributed by atoms with Crippen LogP contribution in [0.1, 0.15) is 0 Å². The van der Waals surface area contributed by atoms with Crippen LogP contribution in [0.2, 0.25) is 0 Å². The molecule has 1 aromatic rings. The van der Waals surface area contributed by atoms with Crippen LogP contribution in [0.5, 0.6) is 0 Å². The lowest BCUT2D eigenvalue weighted by molar-refractivity contribution is -0.182. The molecular weight excluding hydrogens is 216 g/mol. The highest BCUT2D eigenvalue weighted by molar-refractivity contribution is 6.57. The van der Waals surface area contributed by atoms with E-state index < -0.39 is 26.6 Å². The van der Waals surface area contributed by atoms with Crippen molar-refractivity contribution in [2.24, 2.45) is 0 Å². The highest BCUT2D eigenvalue weighted by atomic mass is 19.4. The quantitative estimate of drug-likeness (QED) is 0.650. The van der Waals surface area contributed by atoms with E-state index in [0.717, 1.165) is 4.68 Å². The molecule has 0 unspecified atom stereocenters. The van der Waals surface area contributed by atoms with E-state index >= 15 is 0 Å². The zero-order valence-electron chi connectivity index (χ0n) is 7.48. The summed E-state index contributed by atoms with van der Waals surface area (Å²) < 4.78 is 40.3. The van der Waals surface area contributed by atoms with Crippen LogP contribution in [0.15, 0.2) is 12.3 Å². The number of ether oxygens (including phenoxy) is 1. The van der Waals surface area contributed by atoms with Gasteiger partial charge >= 0.3 is 13.3 Å². The van der Waals surface area contributed by atoms with E-state index in [1.165, 1.54) is 12.3 Å². The van der Waals surface area contributed by atoms with E-state index in [1.54, 1.807) is 0 Å².